The van der Waals surface area contributed by atoms with Crippen LogP contribution in [0, 0.1) is 5.92 Å². The molecule has 134 valence electrons. The van der Waals surface area contributed by atoms with Crippen LogP contribution in [0.2, 0.25) is 0 Å². The SMILES string of the molecule is O=C(NC(c1ccco1)c1ccc2cccnc2c1O)C1CCCCC1. The van der Waals surface area contributed by atoms with Crippen molar-refractivity contribution in [2.75, 3.05) is 0 Å². The number of pyridine rings is 1. The Morgan fingerprint density at radius 3 is 2.77 bits per heavy atom. The van der Waals surface area contributed by atoms with Crippen LogP contribution in [0.25, 0.3) is 10.9 Å². The standard InChI is InChI=1S/C21H22N2O3/c24-20-16(11-10-14-8-4-12-22-18(14)20)19(17-9-5-13-26-17)23-21(25)15-6-2-1-3-7-15/h4-5,8-13,15,19,24H,1-3,6-7H2,(H,23,25). The van der Waals surface area contributed by atoms with Gasteiger partial charge >= 0.3 is 0 Å². The second-order valence-corrected chi connectivity index (χ2v) is 6.87. The van der Waals surface area contributed by atoms with Crippen LogP contribution >= 0.6 is 0 Å². The summed E-state index contributed by atoms with van der Waals surface area (Å²) in [7, 11) is 0. The maximum atomic E-state index is 12.8. The zero-order chi connectivity index (χ0) is 17.9. The van der Waals surface area contributed by atoms with Gasteiger partial charge in [0.25, 0.3) is 0 Å². The number of hydrogen-bond donors (Lipinski definition) is 2. The average molecular weight is 350 g/mol. The monoisotopic (exact) mass is 350 g/mol. The molecule has 1 aliphatic rings. The molecule has 1 aliphatic carbocycles. The van der Waals surface area contributed by atoms with Crippen molar-refractivity contribution in [3.05, 3.63) is 60.2 Å². The van der Waals surface area contributed by atoms with Gasteiger partial charge in [-0.2, -0.15) is 0 Å². The van der Waals surface area contributed by atoms with Crippen molar-refractivity contribution >= 4 is 16.8 Å². The lowest BCUT2D eigenvalue weighted by molar-refractivity contribution is -0.126. The largest absolute Gasteiger partial charge is 0.505 e. The second kappa shape index (κ2) is 7.20. The summed E-state index contributed by atoms with van der Waals surface area (Å²) in [5.41, 5.74) is 1.11. The maximum absolute atomic E-state index is 12.8. The molecule has 2 heterocycles. The van der Waals surface area contributed by atoms with Gasteiger partial charge in [-0.1, -0.05) is 37.5 Å². The number of phenols is 1. The van der Waals surface area contributed by atoms with Crippen molar-refractivity contribution in [1.29, 1.82) is 0 Å². The van der Waals surface area contributed by atoms with Crippen molar-refractivity contribution in [2.24, 2.45) is 5.92 Å². The van der Waals surface area contributed by atoms with Crippen LogP contribution in [0.3, 0.4) is 0 Å². The third kappa shape index (κ3) is 3.17. The molecule has 1 atom stereocenters. The average Bonchev–Trinajstić information content (AvgIpc) is 3.22. The lowest BCUT2D eigenvalue weighted by Crippen LogP contribution is -2.35. The predicted octanol–water partition coefficient (Wildman–Crippen LogP) is 4.32. The third-order valence-corrected chi connectivity index (χ3v) is 5.18. The summed E-state index contributed by atoms with van der Waals surface area (Å²) in [6.07, 6.45) is 8.44. The first-order valence-electron chi connectivity index (χ1n) is 9.14. The first-order chi connectivity index (χ1) is 12.7. The zero-order valence-corrected chi connectivity index (χ0v) is 14.5. The molecule has 0 bridgehead atoms. The topological polar surface area (TPSA) is 75.4 Å². The highest BCUT2D eigenvalue weighted by Gasteiger charge is 2.28. The molecule has 5 nitrogen and oxygen atoms in total. The van der Waals surface area contributed by atoms with Crippen LogP contribution in [0.15, 0.2) is 53.3 Å². The molecule has 1 amide bonds. The van der Waals surface area contributed by atoms with Crippen LogP contribution in [0.1, 0.15) is 49.5 Å². The Morgan fingerprint density at radius 1 is 1.15 bits per heavy atom. The van der Waals surface area contributed by atoms with E-state index in [2.05, 4.69) is 10.3 Å². The Morgan fingerprint density at radius 2 is 2.00 bits per heavy atom. The molecular weight excluding hydrogens is 328 g/mol. The molecule has 2 N–H and O–H groups in total. The molecule has 3 aromatic rings. The van der Waals surface area contributed by atoms with E-state index < -0.39 is 6.04 Å². The lowest BCUT2D eigenvalue weighted by atomic mass is 9.88. The van der Waals surface area contributed by atoms with Crippen molar-refractivity contribution in [3.8, 4) is 5.75 Å². The Bertz CT molecular complexity index is 899. The van der Waals surface area contributed by atoms with Gasteiger partial charge in [0.05, 0.1) is 6.26 Å². The summed E-state index contributed by atoms with van der Waals surface area (Å²) in [5, 5.41) is 14.7. The summed E-state index contributed by atoms with van der Waals surface area (Å²) in [4.78, 5) is 17.1. The van der Waals surface area contributed by atoms with E-state index in [1.54, 1.807) is 18.5 Å². The minimum atomic E-state index is -0.536. The predicted molar refractivity (Wildman–Crippen MR) is 98.7 cm³/mol. The van der Waals surface area contributed by atoms with Gasteiger partial charge in [0.2, 0.25) is 5.91 Å². The van der Waals surface area contributed by atoms with E-state index in [9.17, 15) is 9.90 Å². The van der Waals surface area contributed by atoms with Crippen molar-refractivity contribution in [1.82, 2.24) is 10.3 Å². The van der Waals surface area contributed by atoms with E-state index in [1.165, 1.54) is 6.42 Å². The fraction of sp³-hybridized carbons (Fsp3) is 0.333. The van der Waals surface area contributed by atoms with Crippen LogP contribution in [0.5, 0.6) is 5.75 Å². The molecule has 4 rings (SSSR count). The Balaban J connectivity index is 1.70. The van der Waals surface area contributed by atoms with Crippen LogP contribution in [0.4, 0.5) is 0 Å². The van der Waals surface area contributed by atoms with E-state index in [4.69, 9.17) is 4.42 Å². The van der Waals surface area contributed by atoms with Crippen LogP contribution in [-0.4, -0.2) is 16.0 Å². The van der Waals surface area contributed by atoms with Crippen LogP contribution in [-0.2, 0) is 4.79 Å². The molecule has 5 heteroatoms. The summed E-state index contributed by atoms with van der Waals surface area (Å²) >= 11 is 0. The molecule has 0 radical (unpaired) electrons. The van der Waals surface area contributed by atoms with Gasteiger partial charge in [-0.25, -0.2) is 0 Å². The maximum Gasteiger partial charge on any atom is 0.223 e. The number of carbonyl (C=O) groups excluding carboxylic acids is 1. The molecule has 0 saturated heterocycles. The number of carbonyl (C=O) groups is 1. The summed E-state index contributed by atoms with van der Waals surface area (Å²) < 4.78 is 5.56. The highest BCUT2D eigenvalue weighted by atomic mass is 16.3. The highest BCUT2D eigenvalue weighted by molar-refractivity contribution is 5.86. The second-order valence-electron chi connectivity index (χ2n) is 6.87. The first-order valence-corrected chi connectivity index (χ1v) is 9.14. The van der Waals surface area contributed by atoms with Crippen molar-refractivity contribution < 1.29 is 14.3 Å². The number of furan rings is 1. The van der Waals surface area contributed by atoms with Crippen molar-refractivity contribution in [2.45, 2.75) is 38.1 Å². The fourth-order valence-corrected chi connectivity index (χ4v) is 3.76. The number of fused-ring (bicyclic) bond motifs is 1. The number of nitrogens with zero attached hydrogens (tertiary/aromatic N) is 1. The van der Waals surface area contributed by atoms with Gasteiger partial charge in [0.1, 0.15) is 23.1 Å². The van der Waals surface area contributed by atoms with Gasteiger partial charge < -0.3 is 14.8 Å². The number of nitrogens with one attached hydrogen (secondary N) is 1. The first kappa shape index (κ1) is 16.6. The number of hydrogen-bond acceptors (Lipinski definition) is 4. The van der Waals surface area contributed by atoms with Gasteiger partial charge in [-0.05, 0) is 31.0 Å². The minimum absolute atomic E-state index is 0.0200. The Labute approximate surface area is 152 Å². The van der Waals surface area contributed by atoms with Crippen LogP contribution < -0.4 is 5.32 Å². The Kier molecular flexibility index (Phi) is 4.61. The zero-order valence-electron chi connectivity index (χ0n) is 14.5. The molecular formula is C21H22N2O3. The summed E-state index contributed by atoms with van der Waals surface area (Å²) in [6.45, 7) is 0. The van der Waals surface area contributed by atoms with E-state index in [0.29, 0.717) is 16.8 Å². The fourth-order valence-electron chi connectivity index (χ4n) is 3.76. The number of benzene rings is 1. The molecule has 1 fully saturated rings. The van der Waals surface area contributed by atoms with Gasteiger partial charge in [-0.15, -0.1) is 0 Å². The normalized spacial score (nSPS) is 16.5. The summed E-state index contributed by atoms with van der Waals surface area (Å²) in [5.74, 6) is 0.724. The minimum Gasteiger partial charge on any atom is -0.505 e. The quantitative estimate of drug-likeness (QED) is 0.735. The number of aromatic nitrogens is 1. The van der Waals surface area contributed by atoms with Gasteiger partial charge in [0.15, 0.2) is 0 Å². The molecule has 0 aliphatic heterocycles. The number of amides is 1. The Hall–Kier alpha value is -2.82. The molecule has 2 aromatic heterocycles. The molecule has 26 heavy (non-hydrogen) atoms. The van der Waals surface area contributed by atoms with E-state index >= 15 is 0 Å². The number of phenolic OH excluding ortho intramolecular Hbond substituents is 1. The number of rotatable bonds is 4. The lowest BCUT2D eigenvalue weighted by Gasteiger charge is -2.25. The number of aromatic hydroxyl groups is 1. The van der Waals surface area contributed by atoms with E-state index in [0.717, 1.165) is 31.1 Å². The molecule has 1 unspecified atom stereocenters. The van der Waals surface area contributed by atoms with E-state index in [1.807, 2.05) is 30.3 Å². The molecule has 0 spiro atoms. The van der Waals surface area contributed by atoms with E-state index in [-0.39, 0.29) is 17.6 Å². The summed E-state index contributed by atoms with van der Waals surface area (Å²) in [6, 6.07) is 10.5. The van der Waals surface area contributed by atoms with Gasteiger partial charge in [-0.3, -0.25) is 9.78 Å². The highest BCUT2D eigenvalue weighted by Crippen LogP contribution is 2.35. The smallest absolute Gasteiger partial charge is 0.223 e. The molecule has 1 aromatic carbocycles. The van der Waals surface area contributed by atoms with Gasteiger partial charge in [0, 0.05) is 23.1 Å². The van der Waals surface area contributed by atoms with Crippen molar-refractivity contribution in [3.63, 3.8) is 0 Å². The third-order valence-electron chi connectivity index (χ3n) is 5.18. The molecule has 1 saturated carbocycles.